The molecule has 3 rings (SSSR count). The highest BCUT2D eigenvalue weighted by molar-refractivity contribution is 7.89. The molecule has 2 heterocycles. The molecule has 10 heteroatoms. The van der Waals surface area contributed by atoms with Crippen LogP contribution in [0.15, 0.2) is 45.9 Å². The maximum atomic E-state index is 12.3. The summed E-state index contributed by atoms with van der Waals surface area (Å²) in [5.41, 5.74) is 0.755. The first-order chi connectivity index (χ1) is 11.4. The summed E-state index contributed by atoms with van der Waals surface area (Å²) in [5.74, 6) is 0.505. The van der Waals surface area contributed by atoms with Gasteiger partial charge in [0.1, 0.15) is 4.90 Å². The second-order valence-electron chi connectivity index (χ2n) is 4.92. The molecule has 0 radical (unpaired) electrons. The van der Waals surface area contributed by atoms with Crippen molar-refractivity contribution in [3.05, 3.63) is 52.5 Å². The van der Waals surface area contributed by atoms with Gasteiger partial charge in [0.25, 0.3) is 0 Å². The Bertz CT molecular complexity index is 982. The highest BCUT2D eigenvalue weighted by Gasteiger charge is 2.20. The summed E-state index contributed by atoms with van der Waals surface area (Å²) in [6, 6.07) is 7.86. The third-order valence-corrected chi connectivity index (χ3v) is 5.36. The molecule has 0 aliphatic carbocycles. The van der Waals surface area contributed by atoms with E-state index in [1.54, 1.807) is 0 Å². The highest BCUT2D eigenvalue weighted by Crippen LogP contribution is 2.25. The van der Waals surface area contributed by atoms with Gasteiger partial charge < -0.3 is 9.09 Å². The molecule has 24 heavy (non-hydrogen) atoms. The largest absolute Gasteiger partial charge is 0.348 e. The van der Waals surface area contributed by atoms with Crippen molar-refractivity contribution in [2.45, 2.75) is 11.4 Å². The van der Waals surface area contributed by atoms with Crippen LogP contribution in [0.3, 0.4) is 0 Å². The Morgan fingerprint density at radius 2 is 2.08 bits per heavy atom. The minimum atomic E-state index is -3.86. The van der Waals surface area contributed by atoms with Crippen LogP contribution in [0.1, 0.15) is 5.89 Å². The van der Waals surface area contributed by atoms with E-state index in [-0.39, 0.29) is 27.4 Å². The van der Waals surface area contributed by atoms with E-state index < -0.39 is 10.0 Å². The average Bonchev–Trinajstić information content (AvgIpc) is 3.16. The topological polar surface area (TPSA) is 90.0 Å². The quantitative estimate of drug-likeness (QED) is 0.727. The zero-order valence-corrected chi connectivity index (χ0v) is 14.7. The van der Waals surface area contributed by atoms with Crippen LogP contribution in [0, 0.1) is 0 Å². The van der Waals surface area contributed by atoms with Crippen molar-refractivity contribution in [3.8, 4) is 11.5 Å². The van der Waals surface area contributed by atoms with Crippen molar-refractivity contribution in [1.29, 1.82) is 0 Å². The second-order valence-corrected chi connectivity index (χ2v) is 7.49. The average molecular weight is 387 g/mol. The van der Waals surface area contributed by atoms with Crippen LogP contribution < -0.4 is 4.72 Å². The maximum absolute atomic E-state index is 12.3. The molecule has 0 atom stereocenters. The Balaban J connectivity index is 1.77. The van der Waals surface area contributed by atoms with E-state index in [0.717, 1.165) is 5.69 Å². The van der Waals surface area contributed by atoms with Gasteiger partial charge in [-0.1, -0.05) is 28.4 Å². The molecule has 0 aliphatic heterocycles. The molecule has 3 aromatic rings. The van der Waals surface area contributed by atoms with Crippen molar-refractivity contribution in [1.82, 2.24) is 19.4 Å². The third kappa shape index (κ3) is 3.46. The van der Waals surface area contributed by atoms with Gasteiger partial charge in [0.15, 0.2) is 0 Å². The minimum Gasteiger partial charge on any atom is -0.348 e. The lowest BCUT2D eigenvalue weighted by Crippen LogP contribution is -2.23. The van der Waals surface area contributed by atoms with Crippen LogP contribution >= 0.6 is 23.2 Å². The van der Waals surface area contributed by atoms with Crippen molar-refractivity contribution in [2.24, 2.45) is 7.05 Å². The van der Waals surface area contributed by atoms with E-state index in [1.807, 2.05) is 29.9 Å². The fourth-order valence-electron chi connectivity index (χ4n) is 2.04. The van der Waals surface area contributed by atoms with E-state index in [1.165, 1.54) is 18.2 Å². The molecule has 0 spiro atoms. The molecule has 0 saturated carbocycles. The van der Waals surface area contributed by atoms with E-state index in [2.05, 4.69) is 14.9 Å². The molecule has 0 amide bonds. The van der Waals surface area contributed by atoms with Crippen LogP contribution in [0.5, 0.6) is 0 Å². The van der Waals surface area contributed by atoms with Crippen LogP contribution in [-0.4, -0.2) is 23.1 Å². The van der Waals surface area contributed by atoms with Gasteiger partial charge in [0, 0.05) is 18.3 Å². The lowest BCUT2D eigenvalue weighted by molar-refractivity contribution is 0.375. The smallest absolute Gasteiger partial charge is 0.242 e. The van der Waals surface area contributed by atoms with Gasteiger partial charge in [-0.25, -0.2) is 13.1 Å². The number of nitrogens with zero attached hydrogens (tertiary/aromatic N) is 3. The van der Waals surface area contributed by atoms with Crippen molar-refractivity contribution >= 4 is 33.2 Å². The second kappa shape index (κ2) is 6.56. The molecule has 0 bridgehead atoms. The van der Waals surface area contributed by atoms with Gasteiger partial charge in [-0.05, 0) is 30.3 Å². The first-order valence-electron chi connectivity index (χ1n) is 6.76. The molecule has 1 aromatic carbocycles. The first-order valence-corrected chi connectivity index (χ1v) is 9.00. The fourth-order valence-corrected chi connectivity index (χ4v) is 3.78. The molecule has 0 fully saturated rings. The lowest BCUT2D eigenvalue weighted by atomic mass is 10.4. The zero-order valence-electron chi connectivity index (χ0n) is 12.4. The molecular formula is C14H12Cl2N4O3S. The summed E-state index contributed by atoms with van der Waals surface area (Å²) in [7, 11) is -2.02. The molecular weight excluding hydrogens is 375 g/mol. The molecule has 7 nitrogen and oxygen atoms in total. The Hall–Kier alpha value is -1.87. The van der Waals surface area contributed by atoms with Gasteiger partial charge >= 0.3 is 0 Å². The van der Waals surface area contributed by atoms with Gasteiger partial charge in [0.05, 0.1) is 17.3 Å². The standard InChI is InChI=1S/C14H12Cl2N4O3S/c1-20-6-2-3-11(20)14-18-13(23-19-14)8-17-24(21,22)12-7-9(15)4-5-10(12)16/h2-7,17H,8H2,1H3. The molecule has 1 N–H and O–H groups in total. The predicted octanol–water partition coefficient (Wildman–Crippen LogP) is 2.86. The van der Waals surface area contributed by atoms with Crippen LogP contribution in [0.2, 0.25) is 10.0 Å². The Morgan fingerprint density at radius 3 is 2.79 bits per heavy atom. The summed E-state index contributed by atoms with van der Waals surface area (Å²) in [6.07, 6.45) is 1.84. The summed E-state index contributed by atoms with van der Waals surface area (Å²) < 4.78 is 33.9. The Kier molecular flexibility index (Phi) is 4.64. The lowest BCUT2D eigenvalue weighted by Gasteiger charge is -2.06. The van der Waals surface area contributed by atoms with E-state index in [0.29, 0.717) is 5.82 Å². The number of aromatic nitrogens is 3. The molecule has 2 aromatic heterocycles. The number of hydrogen-bond acceptors (Lipinski definition) is 5. The summed E-state index contributed by atoms with van der Waals surface area (Å²) in [5, 5.41) is 4.17. The molecule has 0 aliphatic rings. The number of sulfonamides is 1. The molecule has 0 unspecified atom stereocenters. The minimum absolute atomic E-state index is 0.0712. The first kappa shape index (κ1) is 17.0. The van der Waals surface area contributed by atoms with Crippen LogP contribution in [0.25, 0.3) is 11.5 Å². The SMILES string of the molecule is Cn1cccc1-c1noc(CNS(=O)(=O)c2cc(Cl)ccc2Cl)n1. The Morgan fingerprint density at radius 1 is 1.29 bits per heavy atom. The highest BCUT2D eigenvalue weighted by atomic mass is 35.5. The monoisotopic (exact) mass is 386 g/mol. The van der Waals surface area contributed by atoms with Crippen molar-refractivity contribution < 1.29 is 12.9 Å². The number of halogens is 2. The van der Waals surface area contributed by atoms with Gasteiger partial charge in [-0.3, -0.25) is 0 Å². The summed E-state index contributed by atoms with van der Waals surface area (Å²) in [4.78, 5) is 4.05. The number of nitrogens with one attached hydrogen (secondary N) is 1. The van der Waals surface area contributed by atoms with Crippen molar-refractivity contribution in [2.75, 3.05) is 0 Å². The van der Waals surface area contributed by atoms with E-state index >= 15 is 0 Å². The zero-order chi connectivity index (χ0) is 17.3. The summed E-state index contributed by atoms with van der Waals surface area (Å²) in [6.45, 7) is -0.164. The van der Waals surface area contributed by atoms with Crippen molar-refractivity contribution in [3.63, 3.8) is 0 Å². The Labute approximate surface area is 148 Å². The number of hydrogen-bond donors (Lipinski definition) is 1. The van der Waals surface area contributed by atoms with Gasteiger partial charge in [-0.15, -0.1) is 0 Å². The fraction of sp³-hybridized carbons (Fsp3) is 0.143. The third-order valence-electron chi connectivity index (χ3n) is 3.24. The molecule has 0 saturated heterocycles. The van der Waals surface area contributed by atoms with E-state index in [9.17, 15) is 8.42 Å². The van der Waals surface area contributed by atoms with Gasteiger partial charge in [0.2, 0.25) is 21.7 Å². The maximum Gasteiger partial charge on any atom is 0.242 e. The normalized spacial score (nSPS) is 11.8. The predicted molar refractivity (Wildman–Crippen MR) is 89.2 cm³/mol. The molecule has 126 valence electrons. The van der Waals surface area contributed by atoms with Crippen LogP contribution in [-0.2, 0) is 23.6 Å². The number of rotatable bonds is 5. The summed E-state index contributed by atoms with van der Waals surface area (Å²) >= 11 is 11.7. The van der Waals surface area contributed by atoms with Crippen LogP contribution in [0.4, 0.5) is 0 Å². The van der Waals surface area contributed by atoms with Gasteiger partial charge in [-0.2, -0.15) is 4.98 Å². The van der Waals surface area contributed by atoms with E-state index in [4.69, 9.17) is 27.7 Å². The number of aryl methyl sites for hydroxylation is 1. The number of benzene rings is 1.